The lowest BCUT2D eigenvalue weighted by molar-refractivity contribution is 0.336. The maximum Gasteiger partial charge on any atom is 0.122 e. The standard InChI is InChI=1S/C17H27NO/c1-12-4-7-15(8-5-12)16-11-14(10-13(2)18)6-9-17(16)19-3/h6,9,11-13,15H,4-5,7-8,10,18H2,1-3H3. The minimum Gasteiger partial charge on any atom is -0.496 e. The molecule has 0 spiro atoms. The molecule has 2 rings (SSSR count). The van der Waals surface area contributed by atoms with Gasteiger partial charge in [-0.25, -0.2) is 0 Å². The largest absolute Gasteiger partial charge is 0.496 e. The van der Waals surface area contributed by atoms with Crippen molar-refractivity contribution < 1.29 is 4.74 Å². The number of methoxy groups -OCH3 is 1. The van der Waals surface area contributed by atoms with E-state index in [2.05, 4.69) is 32.0 Å². The number of ether oxygens (including phenoxy) is 1. The van der Waals surface area contributed by atoms with Crippen LogP contribution < -0.4 is 10.5 Å². The molecule has 1 aromatic carbocycles. The third-order valence-corrected chi connectivity index (χ3v) is 4.31. The molecule has 1 unspecified atom stereocenters. The van der Waals surface area contributed by atoms with Gasteiger partial charge >= 0.3 is 0 Å². The summed E-state index contributed by atoms with van der Waals surface area (Å²) in [5.41, 5.74) is 8.64. The summed E-state index contributed by atoms with van der Waals surface area (Å²) in [6.07, 6.45) is 6.20. The molecule has 2 N–H and O–H groups in total. The Balaban J connectivity index is 2.20. The second-order valence-electron chi connectivity index (χ2n) is 6.21. The van der Waals surface area contributed by atoms with E-state index < -0.39 is 0 Å². The average Bonchev–Trinajstić information content (AvgIpc) is 2.39. The molecule has 2 heteroatoms. The van der Waals surface area contributed by atoms with Crippen molar-refractivity contribution in [2.75, 3.05) is 7.11 Å². The number of hydrogen-bond donors (Lipinski definition) is 1. The Morgan fingerprint density at radius 3 is 2.53 bits per heavy atom. The van der Waals surface area contributed by atoms with Crippen molar-refractivity contribution in [3.8, 4) is 5.75 Å². The van der Waals surface area contributed by atoms with E-state index in [0.29, 0.717) is 5.92 Å². The van der Waals surface area contributed by atoms with Gasteiger partial charge in [0.2, 0.25) is 0 Å². The molecule has 1 atom stereocenters. The third kappa shape index (κ3) is 3.73. The zero-order valence-electron chi connectivity index (χ0n) is 12.5. The molecule has 1 aliphatic rings. The quantitative estimate of drug-likeness (QED) is 0.892. The molecule has 2 nitrogen and oxygen atoms in total. The molecule has 0 amide bonds. The van der Waals surface area contributed by atoms with Crippen LogP contribution in [-0.4, -0.2) is 13.2 Å². The van der Waals surface area contributed by atoms with Crippen molar-refractivity contribution in [2.24, 2.45) is 11.7 Å². The first-order chi connectivity index (χ1) is 9.10. The Morgan fingerprint density at radius 1 is 1.26 bits per heavy atom. The number of rotatable bonds is 4. The van der Waals surface area contributed by atoms with Gasteiger partial charge in [-0.15, -0.1) is 0 Å². The first kappa shape index (κ1) is 14.4. The van der Waals surface area contributed by atoms with Crippen molar-refractivity contribution in [1.82, 2.24) is 0 Å². The van der Waals surface area contributed by atoms with E-state index in [1.54, 1.807) is 7.11 Å². The lowest BCUT2D eigenvalue weighted by Crippen LogP contribution is -2.18. The normalized spacial score (nSPS) is 25.1. The molecule has 1 saturated carbocycles. The smallest absolute Gasteiger partial charge is 0.122 e. The summed E-state index contributed by atoms with van der Waals surface area (Å²) in [5.74, 6) is 2.60. The number of hydrogen-bond acceptors (Lipinski definition) is 2. The zero-order chi connectivity index (χ0) is 13.8. The van der Waals surface area contributed by atoms with Gasteiger partial charge in [0, 0.05) is 6.04 Å². The van der Waals surface area contributed by atoms with Crippen LogP contribution in [0.5, 0.6) is 5.75 Å². The molecule has 0 bridgehead atoms. The molecule has 0 heterocycles. The SMILES string of the molecule is COc1ccc(CC(C)N)cc1C1CCC(C)CC1. The van der Waals surface area contributed by atoms with Crippen LogP contribution in [0.4, 0.5) is 0 Å². The van der Waals surface area contributed by atoms with Gasteiger partial charge in [0.25, 0.3) is 0 Å². The highest BCUT2D eigenvalue weighted by molar-refractivity contribution is 5.40. The summed E-state index contributed by atoms with van der Waals surface area (Å²) in [4.78, 5) is 0. The first-order valence-electron chi connectivity index (χ1n) is 7.52. The summed E-state index contributed by atoms with van der Waals surface area (Å²) >= 11 is 0. The lowest BCUT2D eigenvalue weighted by atomic mass is 9.78. The molecule has 1 aliphatic carbocycles. The van der Waals surface area contributed by atoms with Gasteiger partial charge in [-0.1, -0.05) is 31.9 Å². The average molecular weight is 261 g/mol. The van der Waals surface area contributed by atoms with Crippen LogP contribution in [-0.2, 0) is 6.42 Å². The molecule has 1 aromatic rings. The number of nitrogens with two attached hydrogens (primary N) is 1. The van der Waals surface area contributed by atoms with Crippen LogP contribution in [0.3, 0.4) is 0 Å². The van der Waals surface area contributed by atoms with Crippen LogP contribution in [0.1, 0.15) is 56.6 Å². The molecular formula is C17H27NO. The van der Waals surface area contributed by atoms with Crippen molar-refractivity contribution in [3.63, 3.8) is 0 Å². The van der Waals surface area contributed by atoms with Crippen LogP contribution in [0.2, 0.25) is 0 Å². The van der Waals surface area contributed by atoms with Gasteiger partial charge in [0.15, 0.2) is 0 Å². The van der Waals surface area contributed by atoms with Gasteiger partial charge in [-0.3, -0.25) is 0 Å². The second-order valence-corrected chi connectivity index (χ2v) is 6.21. The summed E-state index contributed by atoms with van der Waals surface area (Å²) in [5, 5.41) is 0. The predicted molar refractivity (Wildman–Crippen MR) is 80.7 cm³/mol. The van der Waals surface area contributed by atoms with Crippen LogP contribution in [0.25, 0.3) is 0 Å². The van der Waals surface area contributed by atoms with Crippen LogP contribution in [0, 0.1) is 5.92 Å². The maximum atomic E-state index is 5.91. The van der Waals surface area contributed by atoms with E-state index in [9.17, 15) is 0 Å². The zero-order valence-corrected chi connectivity index (χ0v) is 12.5. The Hall–Kier alpha value is -1.02. The highest BCUT2D eigenvalue weighted by atomic mass is 16.5. The van der Waals surface area contributed by atoms with Gasteiger partial charge in [-0.2, -0.15) is 0 Å². The molecule has 0 aromatic heterocycles. The Morgan fingerprint density at radius 2 is 1.95 bits per heavy atom. The molecule has 0 saturated heterocycles. The van der Waals surface area contributed by atoms with Gasteiger partial charge in [-0.05, 0) is 55.2 Å². The van der Waals surface area contributed by atoms with Gasteiger partial charge < -0.3 is 10.5 Å². The second kappa shape index (κ2) is 6.42. The van der Waals surface area contributed by atoms with Crippen LogP contribution in [0.15, 0.2) is 18.2 Å². The minimum absolute atomic E-state index is 0.215. The van der Waals surface area contributed by atoms with E-state index >= 15 is 0 Å². The topological polar surface area (TPSA) is 35.2 Å². The summed E-state index contributed by atoms with van der Waals surface area (Å²) < 4.78 is 5.55. The van der Waals surface area contributed by atoms with E-state index in [1.807, 2.05) is 0 Å². The van der Waals surface area contributed by atoms with Crippen molar-refractivity contribution in [3.05, 3.63) is 29.3 Å². The minimum atomic E-state index is 0.215. The number of benzene rings is 1. The summed E-state index contributed by atoms with van der Waals surface area (Å²) in [6.45, 7) is 4.42. The Bertz CT molecular complexity index is 406. The van der Waals surface area contributed by atoms with Gasteiger partial charge in [0.05, 0.1) is 7.11 Å². The summed E-state index contributed by atoms with van der Waals surface area (Å²) in [6, 6.07) is 6.80. The van der Waals surface area contributed by atoms with Gasteiger partial charge in [0.1, 0.15) is 5.75 Å². The van der Waals surface area contributed by atoms with Crippen molar-refractivity contribution >= 4 is 0 Å². The Labute approximate surface area is 117 Å². The maximum absolute atomic E-state index is 5.91. The van der Waals surface area contributed by atoms with E-state index in [0.717, 1.165) is 18.1 Å². The van der Waals surface area contributed by atoms with Crippen molar-refractivity contribution in [1.29, 1.82) is 0 Å². The molecular weight excluding hydrogens is 234 g/mol. The van der Waals surface area contributed by atoms with Crippen LogP contribution >= 0.6 is 0 Å². The first-order valence-corrected chi connectivity index (χ1v) is 7.52. The fraction of sp³-hybridized carbons (Fsp3) is 0.647. The molecule has 19 heavy (non-hydrogen) atoms. The predicted octanol–water partition coefficient (Wildman–Crippen LogP) is 3.88. The Kier molecular flexibility index (Phi) is 4.87. The van der Waals surface area contributed by atoms with E-state index in [1.165, 1.54) is 36.8 Å². The molecule has 1 fully saturated rings. The van der Waals surface area contributed by atoms with Crippen molar-refractivity contribution in [2.45, 2.75) is 57.9 Å². The van der Waals surface area contributed by atoms with E-state index in [4.69, 9.17) is 10.5 Å². The molecule has 106 valence electrons. The molecule has 0 aliphatic heterocycles. The van der Waals surface area contributed by atoms with E-state index in [-0.39, 0.29) is 6.04 Å². The summed E-state index contributed by atoms with van der Waals surface area (Å²) in [7, 11) is 1.77. The highest BCUT2D eigenvalue weighted by Gasteiger charge is 2.22. The fourth-order valence-corrected chi connectivity index (χ4v) is 3.17. The lowest BCUT2D eigenvalue weighted by Gasteiger charge is -2.28. The molecule has 0 radical (unpaired) electrons. The monoisotopic (exact) mass is 261 g/mol. The highest BCUT2D eigenvalue weighted by Crippen LogP contribution is 2.39. The fourth-order valence-electron chi connectivity index (χ4n) is 3.17. The third-order valence-electron chi connectivity index (χ3n) is 4.31.